The van der Waals surface area contributed by atoms with Gasteiger partial charge < -0.3 is 10.1 Å². The van der Waals surface area contributed by atoms with E-state index in [-0.39, 0.29) is 21.0 Å². The molecule has 1 amide bonds. The third-order valence-corrected chi connectivity index (χ3v) is 6.56. The monoisotopic (exact) mass is 490 g/mol. The van der Waals surface area contributed by atoms with Crippen LogP contribution in [0.5, 0.6) is 5.75 Å². The van der Waals surface area contributed by atoms with E-state index in [9.17, 15) is 13.2 Å². The molecule has 0 spiro atoms. The number of hydrogen-bond acceptors (Lipinski definition) is 7. The maximum atomic E-state index is 12.4. The van der Waals surface area contributed by atoms with Gasteiger partial charge >= 0.3 is 0 Å². The summed E-state index contributed by atoms with van der Waals surface area (Å²) in [6, 6.07) is 12.8. The number of amides is 1. The van der Waals surface area contributed by atoms with E-state index in [4.69, 9.17) is 17.0 Å². The van der Waals surface area contributed by atoms with Crippen molar-refractivity contribution in [1.29, 1.82) is 0 Å². The quantitative estimate of drug-likeness (QED) is 0.304. The van der Waals surface area contributed by atoms with Crippen LogP contribution in [0, 0.1) is 0 Å². The van der Waals surface area contributed by atoms with Crippen molar-refractivity contribution in [3.05, 3.63) is 65.7 Å². The van der Waals surface area contributed by atoms with Gasteiger partial charge in [-0.1, -0.05) is 13.3 Å². The molecule has 0 saturated heterocycles. The minimum absolute atomic E-state index is 0.0782. The lowest BCUT2D eigenvalue weighted by Crippen LogP contribution is -2.34. The Labute approximate surface area is 196 Å². The van der Waals surface area contributed by atoms with Crippen LogP contribution in [0.3, 0.4) is 0 Å². The van der Waals surface area contributed by atoms with Crippen LogP contribution in [-0.2, 0) is 10.0 Å². The van der Waals surface area contributed by atoms with Crippen LogP contribution in [-0.4, -0.2) is 31.0 Å². The van der Waals surface area contributed by atoms with Gasteiger partial charge in [0.15, 0.2) is 10.2 Å². The Morgan fingerprint density at radius 3 is 2.47 bits per heavy atom. The van der Waals surface area contributed by atoms with Crippen molar-refractivity contribution < 1.29 is 17.9 Å². The summed E-state index contributed by atoms with van der Waals surface area (Å²) in [6.45, 7) is 2.72. The van der Waals surface area contributed by atoms with Crippen LogP contribution in [0.15, 0.2) is 65.0 Å². The Hall–Kier alpha value is -3.02. The zero-order valence-corrected chi connectivity index (χ0v) is 19.6. The van der Waals surface area contributed by atoms with Gasteiger partial charge in [-0.3, -0.25) is 14.8 Å². The third kappa shape index (κ3) is 6.74. The van der Waals surface area contributed by atoms with E-state index in [1.54, 1.807) is 41.8 Å². The van der Waals surface area contributed by atoms with Crippen LogP contribution in [0.25, 0.3) is 0 Å². The fourth-order valence-corrected chi connectivity index (χ4v) is 4.54. The lowest BCUT2D eigenvalue weighted by molar-refractivity contribution is 0.0977. The number of rotatable bonds is 9. The van der Waals surface area contributed by atoms with E-state index in [1.807, 2.05) is 0 Å². The van der Waals surface area contributed by atoms with E-state index < -0.39 is 10.0 Å². The first-order valence-corrected chi connectivity index (χ1v) is 12.5. The first-order chi connectivity index (χ1) is 15.4. The number of unbranched alkanes of at least 4 members (excludes halogenated alkanes) is 1. The molecule has 3 N–H and O–H groups in total. The smallest absolute Gasteiger partial charge is 0.263 e. The summed E-state index contributed by atoms with van der Waals surface area (Å²) >= 11 is 6.37. The average molecular weight is 491 g/mol. The van der Waals surface area contributed by atoms with Gasteiger partial charge in [0, 0.05) is 22.8 Å². The molecule has 2 aromatic carbocycles. The van der Waals surface area contributed by atoms with Crippen LogP contribution in [0.2, 0.25) is 0 Å². The van der Waals surface area contributed by atoms with Crippen LogP contribution in [0.4, 0.5) is 10.8 Å². The molecule has 1 heterocycles. The van der Waals surface area contributed by atoms with E-state index in [1.165, 1.54) is 29.7 Å². The van der Waals surface area contributed by atoms with Crippen molar-refractivity contribution in [3.63, 3.8) is 0 Å². The number of nitrogens with one attached hydrogen (secondary N) is 3. The zero-order chi connectivity index (χ0) is 23.0. The Bertz CT molecular complexity index is 1150. The molecule has 0 saturated carbocycles. The van der Waals surface area contributed by atoms with Crippen molar-refractivity contribution in [2.75, 3.05) is 16.6 Å². The molecule has 0 aliphatic carbocycles. The predicted molar refractivity (Wildman–Crippen MR) is 130 cm³/mol. The molecule has 0 unspecified atom stereocenters. The molecule has 0 fully saturated rings. The second kappa shape index (κ2) is 11.0. The summed E-state index contributed by atoms with van der Waals surface area (Å²) in [5.74, 6) is 0.338. The molecule has 0 bridgehead atoms. The highest BCUT2D eigenvalue weighted by atomic mass is 32.2. The largest absolute Gasteiger partial charge is 0.494 e. The van der Waals surface area contributed by atoms with E-state index in [2.05, 4.69) is 27.3 Å². The van der Waals surface area contributed by atoms with E-state index in [0.717, 1.165) is 12.8 Å². The molecule has 3 rings (SSSR count). The standard InChI is InChI=1S/C21H22N4O4S3/c1-2-3-13-29-17-8-4-15(5-9-17)19(26)24-20(30)23-16-6-10-18(11-7-16)32(27,28)25-21-22-12-14-31-21/h4-12,14H,2-3,13H2,1H3,(H,22,25)(H2,23,24,26,30). The molecule has 168 valence electrons. The first-order valence-electron chi connectivity index (χ1n) is 9.75. The molecule has 3 aromatic rings. The second-order valence-corrected chi connectivity index (χ2v) is 9.59. The minimum atomic E-state index is -3.74. The van der Waals surface area contributed by atoms with Gasteiger partial charge in [0.2, 0.25) is 0 Å². The SMILES string of the molecule is CCCCOc1ccc(C(=O)NC(=S)Nc2ccc(S(=O)(=O)Nc3nccs3)cc2)cc1. The van der Waals surface area contributed by atoms with Gasteiger partial charge in [0.05, 0.1) is 11.5 Å². The van der Waals surface area contributed by atoms with Crippen LogP contribution in [0.1, 0.15) is 30.1 Å². The molecule has 0 radical (unpaired) electrons. The lowest BCUT2D eigenvalue weighted by atomic mass is 10.2. The van der Waals surface area contributed by atoms with E-state index in [0.29, 0.717) is 23.6 Å². The summed E-state index contributed by atoms with van der Waals surface area (Å²) in [6.07, 6.45) is 3.53. The molecular formula is C21H22N4O4S3. The number of ether oxygens (including phenoxy) is 1. The van der Waals surface area contributed by atoms with Crippen molar-refractivity contribution >= 4 is 55.4 Å². The van der Waals surface area contributed by atoms with Gasteiger partial charge in [0.25, 0.3) is 15.9 Å². The van der Waals surface area contributed by atoms with Crippen molar-refractivity contribution in [1.82, 2.24) is 10.3 Å². The van der Waals surface area contributed by atoms with Crippen molar-refractivity contribution in [3.8, 4) is 5.75 Å². The van der Waals surface area contributed by atoms with Gasteiger partial charge in [0.1, 0.15) is 5.75 Å². The third-order valence-electron chi connectivity index (χ3n) is 4.19. The summed E-state index contributed by atoms with van der Waals surface area (Å²) in [7, 11) is -3.74. The number of aromatic nitrogens is 1. The highest BCUT2D eigenvalue weighted by molar-refractivity contribution is 7.93. The Kier molecular flexibility index (Phi) is 8.14. The second-order valence-electron chi connectivity index (χ2n) is 6.60. The Balaban J connectivity index is 1.53. The van der Waals surface area contributed by atoms with E-state index >= 15 is 0 Å². The number of thiocarbonyl (C=S) groups is 1. The summed E-state index contributed by atoms with van der Waals surface area (Å²) in [5, 5.41) is 7.51. The topological polar surface area (TPSA) is 109 Å². The molecule has 11 heteroatoms. The molecule has 1 aromatic heterocycles. The first kappa shape index (κ1) is 23.6. The van der Waals surface area contributed by atoms with Crippen molar-refractivity contribution in [2.24, 2.45) is 0 Å². The zero-order valence-electron chi connectivity index (χ0n) is 17.2. The summed E-state index contributed by atoms with van der Waals surface area (Å²) < 4.78 is 32.7. The van der Waals surface area contributed by atoms with Gasteiger partial charge in [-0.2, -0.15) is 0 Å². The molecule has 8 nitrogen and oxygen atoms in total. The Morgan fingerprint density at radius 2 is 1.84 bits per heavy atom. The maximum Gasteiger partial charge on any atom is 0.263 e. The summed E-state index contributed by atoms with van der Waals surface area (Å²) in [5.41, 5.74) is 0.967. The number of carbonyl (C=O) groups is 1. The minimum Gasteiger partial charge on any atom is -0.494 e. The van der Waals surface area contributed by atoms with Gasteiger partial charge in [-0.05, 0) is 67.2 Å². The number of carbonyl (C=O) groups excluding carboxylic acids is 1. The maximum absolute atomic E-state index is 12.4. The fraction of sp³-hybridized carbons (Fsp3) is 0.190. The average Bonchev–Trinajstić information content (AvgIpc) is 3.27. The molecule has 0 aliphatic rings. The van der Waals surface area contributed by atoms with Gasteiger partial charge in [-0.15, -0.1) is 11.3 Å². The number of hydrogen-bond donors (Lipinski definition) is 3. The number of anilines is 2. The summed E-state index contributed by atoms with van der Waals surface area (Å²) in [4.78, 5) is 16.4. The molecule has 32 heavy (non-hydrogen) atoms. The number of benzene rings is 2. The predicted octanol–water partition coefficient (Wildman–Crippen LogP) is 4.25. The Morgan fingerprint density at radius 1 is 1.12 bits per heavy atom. The molecule has 0 atom stereocenters. The lowest BCUT2D eigenvalue weighted by Gasteiger charge is -2.11. The van der Waals surface area contributed by atoms with Crippen LogP contribution >= 0.6 is 23.6 Å². The highest BCUT2D eigenvalue weighted by Gasteiger charge is 2.15. The number of nitrogens with zero attached hydrogens (tertiary/aromatic N) is 1. The fourth-order valence-electron chi connectivity index (χ4n) is 2.54. The van der Waals surface area contributed by atoms with Crippen LogP contribution < -0.4 is 20.1 Å². The molecular weight excluding hydrogens is 468 g/mol. The molecule has 0 aliphatic heterocycles. The normalized spacial score (nSPS) is 10.9. The number of sulfonamides is 1. The van der Waals surface area contributed by atoms with Gasteiger partial charge in [-0.25, -0.2) is 13.4 Å². The van der Waals surface area contributed by atoms with Crippen molar-refractivity contribution in [2.45, 2.75) is 24.7 Å². The highest BCUT2D eigenvalue weighted by Crippen LogP contribution is 2.19. The number of thiazole rings is 1.